The number of fused-ring (bicyclic) bond motifs is 1. The molecule has 16 heavy (non-hydrogen) atoms. The molecule has 0 saturated carbocycles. The van der Waals surface area contributed by atoms with Crippen LogP contribution in [-0.2, 0) is 4.79 Å². The Labute approximate surface area is 97.8 Å². The molecular weight excluding hydrogens is 224 g/mol. The molecule has 0 fully saturated rings. The Hall–Kier alpha value is -1.67. The van der Waals surface area contributed by atoms with E-state index >= 15 is 0 Å². The second kappa shape index (κ2) is 4.45. The molecule has 0 spiro atoms. The Bertz CT molecular complexity index is 468. The van der Waals surface area contributed by atoms with Gasteiger partial charge in [-0.1, -0.05) is 0 Å². The minimum atomic E-state index is -0.0602. The van der Waals surface area contributed by atoms with Crippen LogP contribution in [0, 0.1) is 11.3 Å². The molecule has 0 atom stereocenters. The summed E-state index contributed by atoms with van der Waals surface area (Å²) in [5.41, 5.74) is 0.763. The fourth-order valence-corrected chi connectivity index (χ4v) is 2.05. The monoisotopic (exact) mass is 234 g/mol. The largest absolute Gasteiger partial charge is 0.482 e. The Balaban J connectivity index is 2.30. The highest BCUT2D eigenvalue weighted by Crippen LogP contribution is 2.34. The van der Waals surface area contributed by atoms with Crippen LogP contribution in [0.5, 0.6) is 5.75 Å². The van der Waals surface area contributed by atoms with Gasteiger partial charge in [-0.15, -0.1) is 11.8 Å². The zero-order valence-corrected chi connectivity index (χ0v) is 9.58. The van der Waals surface area contributed by atoms with Gasteiger partial charge >= 0.3 is 0 Å². The van der Waals surface area contributed by atoms with E-state index in [0.29, 0.717) is 11.5 Å². The molecule has 0 unspecified atom stereocenters. The van der Waals surface area contributed by atoms with Gasteiger partial charge in [0.05, 0.1) is 17.5 Å². The van der Waals surface area contributed by atoms with E-state index in [0.717, 1.165) is 10.6 Å². The molecule has 0 N–H and O–H groups in total. The van der Waals surface area contributed by atoms with Crippen LogP contribution in [0.15, 0.2) is 23.1 Å². The Morgan fingerprint density at radius 3 is 3.19 bits per heavy atom. The molecule has 2 rings (SSSR count). The second-order valence-electron chi connectivity index (χ2n) is 3.32. The first-order chi connectivity index (χ1) is 7.72. The minimum Gasteiger partial charge on any atom is -0.482 e. The van der Waals surface area contributed by atoms with Gasteiger partial charge in [0.2, 0.25) is 0 Å². The van der Waals surface area contributed by atoms with Gasteiger partial charge in [-0.2, -0.15) is 5.26 Å². The van der Waals surface area contributed by atoms with E-state index in [9.17, 15) is 4.79 Å². The van der Waals surface area contributed by atoms with Gasteiger partial charge in [0, 0.05) is 11.9 Å². The Kier molecular flexibility index (Phi) is 3.02. The van der Waals surface area contributed by atoms with Crippen molar-refractivity contribution in [3.63, 3.8) is 0 Å². The van der Waals surface area contributed by atoms with Crippen LogP contribution < -0.4 is 9.64 Å². The van der Waals surface area contributed by atoms with Crippen molar-refractivity contribution in [3.8, 4) is 11.8 Å². The number of amides is 1. The van der Waals surface area contributed by atoms with Crippen molar-refractivity contribution in [1.29, 1.82) is 5.26 Å². The molecule has 0 saturated heterocycles. The summed E-state index contributed by atoms with van der Waals surface area (Å²) in [6, 6.07) is 7.66. The first kappa shape index (κ1) is 10.8. The van der Waals surface area contributed by atoms with Crippen LogP contribution in [0.3, 0.4) is 0 Å². The smallest absolute Gasteiger partial charge is 0.264 e. The maximum absolute atomic E-state index is 11.4. The summed E-state index contributed by atoms with van der Waals surface area (Å²) in [7, 11) is 1.72. The third kappa shape index (κ3) is 1.97. The van der Waals surface area contributed by atoms with Crippen molar-refractivity contribution in [2.24, 2.45) is 0 Å². The highest BCUT2D eigenvalue weighted by atomic mass is 32.2. The van der Waals surface area contributed by atoms with Gasteiger partial charge in [-0.25, -0.2) is 0 Å². The van der Waals surface area contributed by atoms with Crippen LogP contribution in [0.25, 0.3) is 0 Å². The van der Waals surface area contributed by atoms with E-state index in [1.807, 2.05) is 18.2 Å². The fourth-order valence-electron chi connectivity index (χ4n) is 1.46. The third-order valence-corrected chi connectivity index (χ3v) is 3.18. The van der Waals surface area contributed by atoms with Gasteiger partial charge in [-0.05, 0) is 18.2 Å². The molecule has 1 amide bonds. The summed E-state index contributed by atoms with van der Waals surface area (Å²) >= 11 is 1.44. The molecule has 1 aliphatic heterocycles. The van der Waals surface area contributed by atoms with Crippen molar-refractivity contribution in [2.45, 2.75) is 4.90 Å². The summed E-state index contributed by atoms with van der Waals surface area (Å²) in [5, 5.41) is 8.50. The van der Waals surface area contributed by atoms with E-state index in [2.05, 4.69) is 6.07 Å². The predicted molar refractivity (Wildman–Crippen MR) is 61.7 cm³/mol. The topological polar surface area (TPSA) is 53.3 Å². The molecule has 1 aromatic rings. The lowest BCUT2D eigenvalue weighted by atomic mass is 10.2. The minimum absolute atomic E-state index is 0.0602. The molecule has 1 aromatic carbocycles. The first-order valence-corrected chi connectivity index (χ1v) is 5.74. The highest BCUT2D eigenvalue weighted by molar-refractivity contribution is 7.99. The van der Waals surface area contributed by atoms with E-state index in [-0.39, 0.29) is 12.5 Å². The summed E-state index contributed by atoms with van der Waals surface area (Å²) in [4.78, 5) is 14.0. The molecule has 0 radical (unpaired) electrons. The number of anilines is 1. The van der Waals surface area contributed by atoms with Crippen LogP contribution in [-0.4, -0.2) is 25.3 Å². The maximum atomic E-state index is 11.4. The second-order valence-corrected chi connectivity index (χ2v) is 4.37. The first-order valence-electron chi connectivity index (χ1n) is 4.75. The van der Waals surface area contributed by atoms with Crippen molar-refractivity contribution in [3.05, 3.63) is 18.2 Å². The van der Waals surface area contributed by atoms with Gasteiger partial charge in [0.15, 0.2) is 6.61 Å². The number of hydrogen-bond donors (Lipinski definition) is 0. The molecule has 0 bridgehead atoms. The summed E-state index contributed by atoms with van der Waals surface area (Å²) in [6.07, 6.45) is 0. The van der Waals surface area contributed by atoms with Gasteiger partial charge in [0.25, 0.3) is 5.91 Å². The van der Waals surface area contributed by atoms with Gasteiger partial charge < -0.3 is 9.64 Å². The Morgan fingerprint density at radius 1 is 1.62 bits per heavy atom. The number of likely N-dealkylation sites (N-methyl/N-ethyl adjacent to an activating group) is 1. The number of nitrogens with zero attached hydrogens (tertiary/aromatic N) is 2. The lowest BCUT2D eigenvalue weighted by Gasteiger charge is -2.26. The molecule has 5 heteroatoms. The highest BCUT2D eigenvalue weighted by Gasteiger charge is 2.22. The standard InChI is InChI=1S/C11H10N2O2S/c1-13-9-6-8(16-5-4-12)2-3-10(9)15-7-11(13)14/h2-3,6H,5,7H2,1H3. The number of carbonyl (C=O) groups excluding carboxylic acids is 1. The van der Waals surface area contributed by atoms with Crippen molar-refractivity contribution in [2.75, 3.05) is 24.3 Å². The van der Waals surface area contributed by atoms with Crippen molar-refractivity contribution >= 4 is 23.4 Å². The van der Waals surface area contributed by atoms with Crippen LogP contribution in [0.2, 0.25) is 0 Å². The van der Waals surface area contributed by atoms with E-state index in [4.69, 9.17) is 10.00 Å². The molecule has 1 aliphatic rings. The van der Waals surface area contributed by atoms with E-state index in [1.54, 1.807) is 11.9 Å². The number of ether oxygens (including phenoxy) is 1. The normalized spacial score (nSPS) is 14.0. The zero-order chi connectivity index (χ0) is 11.5. The predicted octanol–water partition coefficient (Wildman–Crippen LogP) is 1.66. The molecule has 1 heterocycles. The number of thioether (sulfide) groups is 1. The zero-order valence-electron chi connectivity index (χ0n) is 8.77. The maximum Gasteiger partial charge on any atom is 0.264 e. The molecule has 82 valence electrons. The SMILES string of the molecule is CN1C(=O)COc2ccc(SCC#N)cc21. The average Bonchev–Trinajstić information content (AvgIpc) is 2.31. The number of hydrogen-bond acceptors (Lipinski definition) is 4. The molecule has 4 nitrogen and oxygen atoms in total. The number of carbonyl (C=O) groups is 1. The van der Waals surface area contributed by atoms with Crippen molar-refractivity contribution < 1.29 is 9.53 Å². The third-order valence-electron chi connectivity index (χ3n) is 2.32. The number of benzene rings is 1. The number of rotatable bonds is 2. The summed E-state index contributed by atoms with van der Waals surface area (Å²) in [6.45, 7) is 0.0915. The number of nitriles is 1. The molecule has 0 aromatic heterocycles. The quantitative estimate of drug-likeness (QED) is 0.730. The van der Waals surface area contributed by atoms with Crippen LogP contribution >= 0.6 is 11.8 Å². The Morgan fingerprint density at radius 2 is 2.44 bits per heavy atom. The van der Waals surface area contributed by atoms with E-state index in [1.165, 1.54) is 11.8 Å². The average molecular weight is 234 g/mol. The lowest BCUT2D eigenvalue weighted by molar-refractivity contribution is -0.120. The molecule has 0 aliphatic carbocycles. The van der Waals surface area contributed by atoms with Crippen molar-refractivity contribution in [1.82, 2.24) is 0 Å². The van der Waals surface area contributed by atoms with Crippen LogP contribution in [0.4, 0.5) is 5.69 Å². The summed E-state index contributed by atoms with van der Waals surface area (Å²) < 4.78 is 5.30. The molecular formula is C11H10N2O2S. The summed E-state index contributed by atoms with van der Waals surface area (Å²) in [5.74, 6) is 1.05. The lowest BCUT2D eigenvalue weighted by Crippen LogP contribution is -2.35. The van der Waals surface area contributed by atoms with E-state index < -0.39 is 0 Å². The van der Waals surface area contributed by atoms with Gasteiger partial charge in [0.1, 0.15) is 5.75 Å². The van der Waals surface area contributed by atoms with Gasteiger partial charge in [-0.3, -0.25) is 4.79 Å². The van der Waals surface area contributed by atoms with Crippen LogP contribution in [0.1, 0.15) is 0 Å². The fraction of sp³-hybridized carbons (Fsp3) is 0.273.